The lowest BCUT2D eigenvalue weighted by Gasteiger charge is -2.28. The molecule has 2 aliphatic heterocycles. The summed E-state index contributed by atoms with van der Waals surface area (Å²) >= 11 is 0. The number of alkyl halides is 3. The second-order valence-corrected chi connectivity index (χ2v) is 9.67. The van der Waals surface area contributed by atoms with E-state index in [9.17, 15) is 18.0 Å². The van der Waals surface area contributed by atoms with Gasteiger partial charge in [-0.05, 0) is 73.3 Å². The molecule has 0 bridgehead atoms. The molecule has 2 aliphatic rings. The zero-order chi connectivity index (χ0) is 27.4. The molecule has 3 aromatic rings. The first-order chi connectivity index (χ1) is 18.8. The average molecular weight is 542 g/mol. The SMILES string of the molecule is Cc1ccc(NC(=O)c2cc(C(F)(F)F)ccn2)cc1-c1cc(OC[C@H]2CCCN2)nc(N2CCOCC2)c1. The van der Waals surface area contributed by atoms with Crippen molar-refractivity contribution in [1.29, 1.82) is 0 Å². The number of halogens is 3. The number of rotatable bonds is 7. The predicted molar refractivity (Wildman–Crippen MR) is 141 cm³/mol. The number of aromatic nitrogens is 2. The summed E-state index contributed by atoms with van der Waals surface area (Å²) in [6, 6.07) is 11.1. The van der Waals surface area contributed by atoms with Crippen molar-refractivity contribution < 1.29 is 27.4 Å². The van der Waals surface area contributed by atoms with Gasteiger partial charge in [0.2, 0.25) is 5.88 Å². The molecule has 2 fully saturated rings. The highest BCUT2D eigenvalue weighted by Gasteiger charge is 2.31. The first-order valence-electron chi connectivity index (χ1n) is 12.9. The molecule has 5 rings (SSSR count). The number of pyridine rings is 2. The zero-order valence-corrected chi connectivity index (χ0v) is 21.6. The van der Waals surface area contributed by atoms with E-state index in [1.54, 1.807) is 12.1 Å². The molecule has 1 atom stereocenters. The average Bonchev–Trinajstić information content (AvgIpc) is 3.47. The van der Waals surface area contributed by atoms with Crippen LogP contribution in [-0.4, -0.2) is 61.4 Å². The van der Waals surface area contributed by atoms with Crippen LogP contribution in [0.25, 0.3) is 11.1 Å². The van der Waals surface area contributed by atoms with Gasteiger partial charge in [0, 0.05) is 37.1 Å². The predicted octanol–water partition coefficient (Wildman–Crippen LogP) is 4.69. The van der Waals surface area contributed by atoms with Crippen molar-refractivity contribution in [3.05, 3.63) is 65.5 Å². The number of anilines is 2. The summed E-state index contributed by atoms with van der Waals surface area (Å²) in [4.78, 5) is 23.5. The fraction of sp³-hybridized carbons (Fsp3) is 0.393. The van der Waals surface area contributed by atoms with E-state index in [1.165, 1.54) is 0 Å². The van der Waals surface area contributed by atoms with Crippen molar-refractivity contribution in [3.8, 4) is 17.0 Å². The maximum atomic E-state index is 13.1. The van der Waals surface area contributed by atoms with Gasteiger partial charge >= 0.3 is 6.18 Å². The Labute approximate surface area is 224 Å². The largest absolute Gasteiger partial charge is 0.476 e. The zero-order valence-electron chi connectivity index (χ0n) is 21.6. The molecule has 0 radical (unpaired) electrons. The van der Waals surface area contributed by atoms with Crippen LogP contribution in [0, 0.1) is 6.92 Å². The van der Waals surface area contributed by atoms with Gasteiger partial charge < -0.3 is 25.0 Å². The minimum absolute atomic E-state index is 0.284. The van der Waals surface area contributed by atoms with Gasteiger partial charge in [-0.3, -0.25) is 9.78 Å². The maximum Gasteiger partial charge on any atom is 0.416 e. The lowest BCUT2D eigenvalue weighted by atomic mass is 10.00. The van der Waals surface area contributed by atoms with Crippen LogP contribution in [0.5, 0.6) is 5.88 Å². The van der Waals surface area contributed by atoms with Crippen LogP contribution in [0.3, 0.4) is 0 Å². The lowest BCUT2D eigenvalue weighted by molar-refractivity contribution is -0.137. The number of nitrogens with one attached hydrogen (secondary N) is 2. The summed E-state index contributed by atoms with van der Waals surface area (Å²) in [5.74, 6) is 0.546. The Morgan fingerprint density at radius 2 is 2.00 bits per heavy atom. The molecule has 4 heterocycles. The summed E-state index contributed by atoms with van der Waals surface area (Å²) < 4.78 is 50.9. The Bertz CT molecular complexity index is 1320. The van der Waals surface area contributed by atoms with Crippen molar-refractivity contribution >= 4 is 17.4 Å². The Balaban J connectivity index is 1.42. The number of carbonyl (C=O) groups is 1. The molecule has 0 spiro atoms. The maximum absolute atomic E-state index is 13.1. The van der Waals surface area contributed by atoms with Crippen LogP contribution in [0.4, 0.5) is 24.7 Å². The molecule has 0 aliphatic carbocycles. The van der Waals surface area contributed by atoms with E-state index in [2.05, 4.69) is 20.5 Å². The molecular formula is C28H30F3N5O3. The molecule has 2 aromatic heterocycles. The topological polar surface area (TPSA) is 88.6 Å². The molecule has 0 unspecified atom stereocenters. The van der Waals surface area contributed by atoms with Gasteiger partial charge in [0.05, 0.1) is 18.8 Å². The van der Waals surface area contributed by atoms with E-state index in [0.29, 0.717) is 44.5 Å². The van der Waals surface area contributed by atoms with Gasteiger partial charge in [-0.2, -0.15) is 18.2 Å². The third kappa shape index (κ3) is 6.66. The number of amides is 1. The Hall–Kier alpha value is -3.70. The van der Waals surface area contributed by atoms with E-state index in [0.717, 1.165) is 60.2 Å². The Morgan fingerprint density at radius 1 is 1.18 bits per heavy atom. The second kappa shape index (κ2) is 11.6. The fourth-order valence-corrected chi connectivity index (χ4v) is 4.70. The van der Waals surface area contributed by atoms with Crippen molar-refractivity contribution in [2.75, 3.05) is 49.7 Å². The van der Waals surface area contributed by atoms with Gasteiger partial charge in [-0.1, -0.05) is 6.07 Å². The first kappa shape index (κ1) is 26.9. The number of nitrogens with zero attached hydrogens (tertiary/aromatic N) is 3. The smallest absolute Gasteiger partial charge is 0.416 e. The molecule has 206 valence electrons. The van der Waals surface area contributed by atoms with E-state index >= 15 is 0 Å². The number of aryl methyl sites for hydroxylation is 1. The number of hydrogen-bond acceptors (Lipinski definition) is 7. The third-order valence-corrected chi connectivity index (χ3v) is 6.84. The summed E-state index contributed by atoms with van der Waals surface area (Å²) in [5.41, 5.74) is 1.83. The minimum atomic E-state index is -4.57. The number of ether oxygens (including phenoxy) is 2. The minimum Gasteiger partial charge on any atom is -0.476 e. The van der Waals surface area contributed by atoms with E-state index < -0.39 is 17.6 Å². The highest BCUT2D eigenvalue weighted by molar-refractivity contribution is 6.03. The van der Waals surface area contributed by atoms with Crippen LogP contribution in [-0.2, 0) is 10.9 Å². The van der Waals surface area contributed by atoms with E-state index in [-0.39, 0.29) is 11.7 Å². The summed E-state index contributed by atoms with van der Waals surface area (Å²) in [7, 11) is 0. The molecule has 1 aromatic carbocycles. The van der Waals surface area contributed by atoms with Crippen LogP contribution >= 0.6 is 0 Å². The van der Waals surface area contributed by atoms with E-state index in [1.807, 2.05) is 25.1 Å². The van der Waals surface area contributed by atoms with Crippen molar-refractivity contribution in [1.82, 2.24) is 15.3 Å². The van der Waals surface area contributed by atoms with Crippen LogP contribution in [0.1, 0.15) is 34.5 Å². The van der Waals surface area contributed by atoms with Gasteiger partial charge in [0.25, 0.3) is 5.91 Å². The highest BCUT2D eigenvalue weighted by atomic mass is 19.4. The van der Waals surface area contributed by atoms with Crippen LogP contribution < -0.4 is 20.3 Å². The molecule has 39 heavy (non-hydrogen) atoms. The second-order valence-electron chi connectivity index (χ2n) is 9.67. The molecule has 2 saturated heterocycles. The Morgan fingerprint density at radius 3 is 2.74 bits per heavy atom. The lowest BCUT2D eigenvalue weighted by Crippen LogP contribution is -2.36. The quantitative estimate of drug-likeness (QED) is 0.449. The van der Waals surface area contributed by atoms with Crippen LogP contribution in [0.2, 0.25) is 0 Å². The summed E-state index contributed by atoms with van der Waals surface area (Å²) in [6.07, 6.45) is -1.42. The molecule has 2 N–H and O–H groups in total. The fourth-order valence-electron chi connectivity index (χ4n) is 4.70. The number of morpholine rings is 1. The monoisotopic (exact) mass is 541 g/mol. The van der Waals surface area contributed by atoms with Crippen LogP contribution in [0.15, 0.2) is 48.7 Å². The third-order valence-electron chi connectivity index (χ3n) is 6.84. The summed E-state index contributed by atoms with van der Waals surface area (Å²) in [6.45, 7) is 6.08. The molecular weight excluding hydrogens is 511 g/mol. The van der Waals surface area contributed by atoms with Gasteiger partial charge in [-0.25, -0.2) is 0 Å². The van der Waals surface area contributed by atoms with Gasteiger partial charge in [0.1, 0.15) is 18.1 Å². The van der Waals surface area contributed by atoms with E-state index in [4.69, 9.17) is 14.5 Å². The Kier molecular flexibility index (Phi) is 7.99. The van der Waals surface area contributed by atoms with Crippen molar-refractivity contribution in [2.24, 2.45) is 0 Å². The first-order valence-corrected chi connectivity index (χ1v) is 12.9. The highest BCUT2D eigenvalue weighted by Crippen LogP contribution is 2.33. The molecule has 0 saturated carbocycles. The number of hydrogen-bond donors (Lipinski definition) is 2. The van der Waals surface area contributed by atoms with Gasteiger partial charge in [0.15, 0.2) is 0 Å². The molecule has 11 heteroatoms. The molecule has 8 nitrogen and oxygen atoms in total. The number of carbonyl (C=O) groups excluding carboxylic acids is 1. The molecule has 1 amide bonds. The van der Waals surface area contributed by atoms with Crippen molar-refractivity contribution in [3.63, 3.8) is 0 Å². The van der Waals surface area contributed by atoms with Gasteiger partial charge in [-0.15, -0.1) is 0 Å². The standard InChI is InChI=1S/C28H30F3N5O3/c1-18-4-5-21(34-27(37)24-15-20(6-8-33-24)28(29,30)31)16-23(18)19-13-25(36-9-11-38-12-10-36)35-26(14-19)39-17-22-3-2-7-32-22/h4-6,8,13-16,22,32H,2-3,7,9-12,17H2,1H3,(H,34,37)/t22-/m1/s1. The summed E-state index contributed by atoms with van der Waals surface area (Å²) in [5, 5.41) is 6.10. The number of benzene rings is 1. The van der Waals surface area contributed by atoms with Crippen molar-refractivity contribution in [2.45, 2.75) is 32.0 Å². The normalized spacial score (nSPS) is 17.7.